The number of aliphatic hydroxyl groups excluding tert-OH is 1. The summed E-state index contributed by atoms with van der Waals surface area (Å²) in [7, 11) is 0. The predicted molar refractivity (Wildman–Crippen MR) is 187 cm³/mol. The van der Waals surface area contributed by atoms with Crippen LogP contribution in [0.4, 0.5) is 14.5 Å². The number of β-amino-alcohol motifs (C(OH)–C–C–N with tert-alkyl or cyclic N) is 1. The standard InChI is InChI=1S/C37H37F2N7O2S/c1-4-30-35(28-9-10-29(33(39)23(28)3)37-42-34(31(18-40)49-37)24-5-7-25(38)8-6-24)46-19-26(17-22(2)36(46)41-30)44-15-13-43(14-16-44)21-32(48)45-12-11-27(47)20-45/h5-10,17,19,27,47H,4,11-16,20-21H2,1-3H3/t27-/m0/s1. The maximum Gasteiger partial charge on any atom is 0.236 e. The van der Waals surface area contributed by atoms with Crippen molar-refractivity contribution >= 4 is 28.6 Å². The Hall–Kier alpha value is -4.70. The number of aromatic nitrogens is 3. The van der Waals surface area contributed by atoms with Gasteiger partial charge in [-0.15, -0.1) is 11.3 Å². The first kappa shape index (κ1) is 32.8. The van der Waals surface area contributed by atoms with Gasteiger partial charge in [-0.25, -0.2) is 18.7 Å². The van der Waals surface area contributed by atoms with E-state index in [1.54, 1.807) is 30.0 Å². The molecule has 12 heteroatoms. The quantitative estimate of drug-likeness (QED) is 0.231. The fourth-order valence-electron chi connectivity index (χ4n) is 6.89. The van der Waals surface area contributed by atoms with Crippen LogP contribution in [0.3, 0.4) is 0 Å². The van der Waals surface area contributed by atoms with Crippen molar-refractivity contribution in [2.24, 2.45) is 0 Å². The third-order valence-corrected chi connectivity index (χ3v) is 10.6. The van der Waals surface area contributed by atoms with E-state index in [1.807, 2.05) is 19.9 Å². The lowest BCUT2D eigenvalue weighted by atomic mass is 9.99. The Kier molecular flexibility index (Phi) is 8.92. The van der Waals surface area contributed by atoms with Gasteiger partial charge < -0.3 is 14.9 Å². The van der Waals surface area contributed by atoms with Crippen LogP contribution in [0.15, 0.2) is 48.7 Å². The first-order valence-electron chi connectivity index (χ1n) is 16.6. The van der Waals surface area contributed by atoms with Crippen molar-refractivity contribution < 1.29 is 18.7 Å². The number of likely N-dealkylation sites (tertiary alicyclic amines) is 1. The molecule has 0 unspecified atom stereocenters. The molecule has 0 aliphatic carbocycles. The number of aryl methyl sites for hydroxylation is 2. The van der Waals surface area contributed by atoms with Gasteiger partial charge in [-0.1, -0.05) is 13.0 Å². The van der Waals surface area contributed by atoms with Gasteiger partial charge in [-0.2, -0.15) is 5.26 Å². The molecule has 2 fully saturated rings. The van der Waals surface area contributed by atoms with E-state index in [9.17, 15) is 19.6 Å². The molecule has 1 amide bonds. The van der Waals surface area contributed by atoms with Crippen molar-refractivity contribution in [3.05, 3.63) is 82.0 Å². The summed E-state index contributed by atoms with van der Waals surface area (Å²) in [6, 6.07) is 13.7. The Morgan fingerprint density at radius 2 is 1.78 bits per heavy atom. The Labute approximate surface area is 287 Å². The second-order valence-corrected chi connectivity index (χ2v) is 13.8. The van der Waals surface area contributed by atoms with Gasteiger partial charge in [-0.05, 0) is 74.2 Å². The minimum absolute atomic E-state index is 0.0692. The summed E-state index contributed by atoms with van der Waals surface area (Å²) in [6.07, 6.45) is 2.96. The lowest BCUT2D eigenvalue weighted by molar-refractivity contribution is -0.131. The Balaban J connectivity index is 1.18. The van der Waals surface area contributed by atoms with Crippen molar-refractivity contribution in [3.63, 3.8) is 0 Å². The Morgan fingerprint density at radius 1 is 1.04 bits per heavy atom. The lowest BCUT2D eigenvalue weighted by Gasteiger charge is -2.36. The molecule has 9 nitrogen and oxygen atoms in total. The highest BCUT2D eigenvalue weighted by molar-refractivity contribution is 7.16. The van der Waals surface area contributed by atoms with E-state index in [1.165, 1.54) is 12.1 Å². The number of aliphatic hydroxyl groups is 1. The molecule has 49 heavy (non-hydrogen) atoms. The van der Waals surface area contributed by atoms with E-state index >= 15 is 4.39 Å². The van der Waals surface area contributed by atoms with E-state index in [4.69, 9.17) is 4.98 Å². The number of carbonyl (C=O) groups excluding carboxylic acids is 1. The molecule has 252 valence electrons. The van der Waals surface area contributed by atoms with Gasteiger partial charge in [-0.3, -0.25) is 14.1 Å². The number of imidazole rings is 1. The zero-order valence-corrected chi connectivity index (χ0v) is 28.5. The molecule has 1 atom stereocenters. The number of benzene rings is 2. The molecule has 1 N–H and O–H groups in total. The van der Waals surface area contributed by atoms with E-state index in [-0.39, 0.29) is 11.7 Å². The normalized spacial score (nSPS) is 16.9. The van der Waals surface area contributed by atoms with Crippen molar-refractivity contribution in [3.8, 4) is 39.2 Å². The van der Waals surface area contributed by atoms with Gasteiger partial charge in [0.05, 0.1) is 35.4 Å². The number of nitrogens with zero attached hydrogens (tertiary/aromatic N) is 7. The molecule has 5 heterocycles. The number of pyridine rings is 1. The molecule has 5 aromatic rings. The maximum atomic E-state index is 16.3. The summed E-state index contributed by atoms with van der Waals surface area (Å²) in [5.74, 6) is -0.734. The van der Waals surface area contributed by atoms with E-state index in [2.05, 4.69) is 37.5 Å². The highest BCUT2D eigenvalue weighted by atomic mass is 32.1. The van der Waals surface area contributed by atoms with Crippen molar-refractivity contribution in [2.75, 3.05) is 50.7 Å². The van der Waals surface area contributed by atoms with E-state index in [0.29, 0.717) is 64.7 Å². The van der Waals surface area contributed by atoms with Crippen LogP contribution in [0, 0.1) is 36.8 Å². The number of fused-ring (bicyclic) bond motifs is 1. The van der Waals surface area contributed by atoms with E-state index < -0.39 is 11.9 Å². The molecule has 0 saturated carbocycles. The highest BCUT2D eigenvalue weighted by Crippen LogP contribution is 2.39. The topological polar surface area (TPSA) is 101 Å². The molecule has 2 aliphatic rings. The van der Waals surface area contributed by atoms with Gasteiger partial charge >= 0.3 is 0 Å². The van der Waals surface area contributed by atoms with Crippen LogP contribution >= 0.6 is 11.3 Å². The number of thiazole rings is 1. The minimum Gasteiger partial charge on any atom is -0.391 e. The van der Waals surface area contributed by atoms with Gasteiger partial charge in [0.1, 0.15) is 33.2 Å². The average Bonchev–Trinajstić information content (AvgIpc) is 3.84. The largest absolute Gasteiger partial charge is 0.391 e. The first-order chi connectivity index (χ1) is 23.6. The van der Waals surface area contributed by atoms with Crippen LogP contribution in [0.2, 0.25) is 0 Å². The zero-order chi connectivity index (χ0) is 34.4. The van der Waals surface area contributed by atoms with Crippen LogP contribution in [0.1, 0.15) is 35.0 Å². The highest BCUT2D eigenvalue weighted by Gasteiger charge is 2.28. The number of anilines is 1. The molecular weight excluding hydrogens is 645 g/mol. The summed E-state index contributed by atoms with van der Waals surface area (Å²) >= 11 is 1.11. The summed E-state index contributed by atoms with van der Waals surface area (Å²) in [5.41, 5.74) is 7.06. The number of halogens is 2. The third-order valence-electron chi connectivity index (χ3n) is 9.63. The van der Waals surface area contributed by atoms with Crippen molar-refractivity contribution in [1.29, 1.82) is 5.26 Å². The van der Waals surface area contributed by atoms with Crippen molar-refractivity contribution in [1.82, 2.24) is 24.2 Å². The Bertz CT molecular complexity index is 2090. The average molecular weight is 682 g/mol. The van der Waals surface area contributed by atoms with Gasteiger partial charge in [0.25, 0.3) is 0 Å². The molecule has 0 bridgehead atoms. The predicted octanol–water partition coefficient (Wildman–Crippen LogP) is 5.84. The molecule has 0 radical (unpaired) electrons. The molecular formula is C37H37F2N7O2S. The monoisotopic (exact) mass is 681 g/mol. The molecule has 0 spiro atoms. The second kappa shape index (κ2) is 13.3. The fourth-order valence-corrected chi connectivity index (χ4v) is 7.79. The summed E-state index contributed by atoms with van der Waals surface area (Å²) in [5, 5.41) is 20.0. The number of carbonyl (C=O) groups is 1. The number of hydrogen-bond acceptors (Lipinski definition) is 8. The minimum atomic E-state index is -0.420. The fraction of sp³-hybridized carbons (Fsp3) is 0.351. The van der Waals surface area contributed by atoms with Crippen LogP contribution in [-0.2, 0) is 11.2 Å². The molecule has 2 saturated heterocycles. The molecule has 7 rings (SSSR count). The van der Waals surface area contributed by atoms with Gasteiger partial charge in [0.2, 0.25) is 5.91 Å². The smallest absolute Gasteiger partial charge is 0.236 e. The second-order valence-electron chi connectivity index (χ2n) is 12.8. The molecule has 2 aliphatic heterocycles. The van der Waals surface area contributed by atoms with Crippen LogP contribution in [-0.4, -0.2) is 87.1 Å². The Morgan fingerprint density at radius 3 is 2.45 bits per heavy atom. The van der Waals surface area contributed by atoms with Crippen LogP contribution in [0.5, 0.6) is 0 Å². The first-order valence-corrected chi connectivity index (χ1v) is 17.4. The number of rotatable bonds is 7. The van der Waals surface area contributed by atoms with E-state index in [0.717, 1.165) is 71.4 Å². The van der Waals surface area contributed by atoms with Crippen LogP contribution in [0.25, 0.3) is 38.7 Å². The summed E-state index contributed by atoms with van der Waals surface area (Å²) in [6.45, 7) is 10.2. The number of piperazine rings is 1. The zero-order valence-electron chi connectivity index (χ0n) is 27.7. The summed E-state index contributed by atoms with van der Waals surface area (Å²) < 4.78 is 31.9. The van der Waals surface area contributed by atoms with Gasteiger partial charge in [0.15, 0.2) is 0 Å². The number of nitriles is 1. The summed E-state index contributed by atoms with van der Waals surface area (Å²) in [4.78, 5) is 28.9. The molecule has 2 aromatic carbocycles. The third kappa shape index (κ3) is 6.18. The SMILES string of the molecule is CCc1nc2c(C)cc(N3CCN(CC(=O)N4CC[C@H](O)C4)CC3)cn2c1-c1ccc(-c2nc(-c3ccc(F)cc3)c(C#N)s2)c(F)c1C. The number of amides is 1. The van der Waals surface area contributed by atoms with Crippen LogP contribution < -0.4 is 4.90 Å². The van der Waals surface area contributed by atoms with Gasteiger partial charge in [0, 0.05) is 62.2 Å². The van der Waals surface area contributed by atoms with Crippen molar-refractivity contribution in [2.45, 2.75) is 39.7 Å². The molecule has 3 aromatic heterocycles. The lowest BCUT2D eigenvalue weighted by Crippen LogP contribution is -2.50. The maximum absolute atomic E-state index is 16.3. The number of hydrogen-bond donors (Lipinski definition) is 1.